The predicted molar refractivity (Wildman–Crippen MR) is 94.1 cm³/mol. The molecule has 1 aliphatic carbocycles. The smallest absolute Gasteiger partial charge is 0.388 e. The number of nitrogens with zero attached hydrogens (tertiary/aromatic N) is 1. The molecule has 1 fully saturated rings. The number of amides is 2. The zero-order valence-electron chi connectivity index (χ0n) is 14.8. The van der Waals surface area contributed by atoms with E-state index in [9.17, 15) is 14.7 Å². The largest absolute Gasteiger partial charge is 0.489 e. The summed E-state index contributed by atoms with van der Waals surface area (Å²) in [6.45, 7) is 0.413. The Morgan fingerprint density at radius 2 is 2.12 bits per heavy atom. The fraction of sp³-hybridized carbons (Fsp3) is 0.526. The van der Waals surface area contributed by atoms with Gasteiger partial charge in [0.1, 0.15) is 11.9 Å². The van der Waals surface area contributed by atoms with Gasteiger partial charge in [-0.25, -0.2) is 4.79 Å². The number of hydrogen-bond acceptors (Lipinski definition) is 4. The Labute approximate surface area is 152 Å². The second-order valence-electron chi connectivity index (χ2n) is 7.22. The van der Waals surface area contributed by atoms with Crippen LogP contribution in [0.3, 0.4) is 0 Å². The van der Waals surface area contributed by atoms with Gasteiger partial charge < -0.3 is 20.1 Å². The molecule has 2 aliphatic heterocycles. The summed E-state index contributed by atoms with van der Waals surface area (Å²) in [4.78, 5) is 28.1. The van der Waals surface area contributed by atoms with E-state index in [1.54, 1.807) is 11.0 Å². The van der Waals surface area contributed by atoms with Crippen LogP contribution in [0, 0.1) is 0 Å². The van der Waals surface area contributed by atoms with E-state index < -0.39 is 6.04 Å². The van der Waals surface area contributed by atoms with Crippen LogP contribution in [0.15, 0.2) is 18.2 Å². The lowest BCUT2D eigenvalue weighted by Gasteiger charge is -2.24. The minimum Gasteiger partial charge on any atom is -0.489 e. The molecule has 2 amide bonds. The minimum atomic E-state index is -0.472. The Morgan fingerprint density at radius 3 is 2.88 bits per heavy atom. The first kappa shape index (κ1) is 17.0. The van der Waals surface area contributed by atoms with Crippen LogP contribution < -0.4 is 15.0 Å². The molecular weight excluding hydrogens is 334 g/mol. The van der Waals surface area contributed by atoms with Gasteiger partial charge in [-0.1, -0.05) is 0 Å². The third-order valence-electron chi connectivity index (χ3n) is 5.62. The van der Waals surface area contributed by atoms with Crippen LogP contribution >= 0.6 is 0 Å². The summed E-state index contributed by atoms with van der Waals surface area (Å²) < 4.78 is 6.15. The summed E-state index contributed by atoms with van der Waals surface area (Å²) in [6, 6.07) is 5.46. The van der Waals surface area contributed by atoms with Crippen molar-refractivity contribution in [2.45, 2.75) is 56.8 Å². The molecule has 1 saturated carbocycles. The molecule has 1 aromatic carbocycles. The van der Waals surface area contributed by atoms with Crippen LogP contribution in [0.25, 0.3) is 0 Å². The van der Waals surface area contributed by atoms with E-state index >= 15 is 0 Å². The average molecular weight is 358 g/mol. The molecule has 0 bridgehead atoms. The highest BCUT2D eigenvalue weighted by Crippen LogP contribution is 2.31. The van der Waals surface area contributed by atoms with Crippen molar-refractivity contribution in [1.82, 2.24) is 10.2 Å². The molecule has 3 aliphatic rings. The van der Waals surface area contributed by atoms with Gasteiger partial charge in [-0.2, -0.15) is 0 Å². The standard InChI is InChI=1S/C19H23N3O4/c1-20-14-3-2-4-16(14)26-12-5-6-13-11(9-12)10-22(19(13)25)15-7-8-17(23)21-18(15)24/h5-6,9,14-16,20H,2-4,7-8,10H2,1H3,(H,21,23,24)/p+1. The summed E-state index contributed by atoms with van der Waals surface area (Å²) in [6.07, 6.45) is 4.18. The van der Waals surface area contributed by atoms with Gasteiger partial charge in [-0.05, 0) is 56.5 Å². The van der Waals surface area contributed by atoms with Crippen molar-refractivity contribution in [3.8, 4) is 5.75 Å². The molecule has 4 rings (SSSR count). The number of ether oxygens (including phenoxy) is 1. The summed E-state index contributed by atoms with van der Waals surface area (Å²) in [5.74, 6) is 0.305. The molecule has 0 aromatic heterocycles. The van der Waals surface area contributed by atoms with E-state index in [1.807, 2.05) is 19.2 Å². The molecule has 0 radical (unpaired) electrons. The lowest BCUT2D eigenvalue weighted by atomic mass is 10.1. The summed E-state index contributed by atoms with van der Waals surface area (Å²) in [5, 5.41) is 13.4. The quantitative estimate of drug-likeness (QED) is 0.698. The molecule has 7 heteroatoms. The number of nitrogens with one attached hydrogen (secondary N) is 2. The number of aliphatic hydroxyl groups is 1. The van der Waals surface area contributed by atoms with Crippen molar-refractivity contribution in [3.05, 3.63) is 29.3 Å². The van der Waals surface area contributed by atoms with Gasteiger partial charge in [0.2, 0.25) is 0 Å². The zero-order valence-corrected chi connectivity index (χ0v) is 14.8. The molecule has 1 aromatic rings. The maximum Gasteiger partial charge on any atom is 0.388 e. The molecule has 3 N–H and O–H groups in total. The van der Waals surface area contributed by atoms with Gasteiger partial charge in [0.05, 0.1) is 6.42 Å². The van der Waals surface area contributed by atoms with Crippen LogP contribution in [0.5, 0.6) is 5.75 Å². The van der Waals surface area contributed by atoms with E-state index in [1.165, 1.54) is 0 Å². The first-order valence-electron chi connectivity index (χ1n) is 9.20. The van der Waals surface area contributed by atoms with Gasteiger partial charge in [0.25, 0.3) is 5.91 Å². The topological polar surface area (TPSA) is 92.8 Å². The van der Waals surface area contributed by atoms with Crippen LogP contribution in [0.1, 0.15) is 48.0 Å². The van der Waals surface area contributed by atoms with Gasteiger partial charge in [-0.3, -0.25) is 4.79 Å². The maximum atomic E-state index is 12.7. The summed E-state index contributed by atoms with van der Waals surface area (Å²) in [7, 11) is 1.96. The summed E-state index contributed by atoms with van der Waals surface area (Å²) in [5.41, 5.74) is 1.54. The van der Waals surface area contributed by atoms with Gasteiger partial charge in [-0.15, -0.1) is 4.99 Å². The number of rotatable bonds is 4. The molecule has 3 unspecified atom stereocenters. The lowest BCUT2D eigenvalue weighted by molar-refractivity contribution is -0.394. The highest BCUT2D eigenvalue weighted by molar-refractivity contribution is 6.01. The Balaban J connectivity index is 1.52. The molecule has 0 spiro atoms. The number of carbonyl (C=O) groups excluding carboxylic acids is 2. The van der Waals surface area contributed by atoms with E-state index in [0.29, 0.717) is 31.0 Å². The van der Waals surface area contributed by atoms with Crippen molar-refractivity contribution in [3.63, 3.8) is 0 Å². The van der Waals surface area contributed by atoms with Gasteiger partial charge in [0, 0.05) is 18.2 Å². The molecule has 7 nitrogen and oxygen atoms in total. The number of aliphatic hydroxyl groups excluding tert-OH is 1. The van der Waals surface area contributed by atoms with Crippen molar-refractivity contribution >= 4 is 17.7 Å². The van der Waals surface area contributed by atoms with Gasteiger partial charge >= 0.3 is 11.8 Å². The number of benzene rings is 1. The number of carbonyl (C=O) groups is 2. The lowest BCUT2D eigenvalue weighted by Crippen LogP contribution is -2.82. The van der Waals surface area contributed by atoms with Crippen LogP contribution in [0.4, 0.5) is 0 Å². The van der Waals surface area contributed by atoms with E-state index in [2.05, 4.69) is 10.3 Å². The van der Waals surface area contributed by atoms with Crippen molar-refractivity contribution in [1.29, 1.82) is 0 Å². The Morgan fingerprint density at radius 1 is 1.27 bits per heavy atom. The van der Waals surface area contributed by atoms with Crippen LogP contribution in [-0.2, 0) is 11.3 Å². The van der Waals surface area contributed by atoms with Crippen molar-refractivity contribution in [2.75, 3.05) is 7.05 Å². The highest BCUT2D eigenvalue weighted by atomic mass is 16.5. The first-order valence-corrected chi connectivity index (χ1v) is 9.20. The number of fused-ring (bicyclic) bond motifs is 1. The van der Waals surface area contributed by atoms with Crippen LogP contribution in [-0.4, -0.2) is 53.0 Å². The van der Waals surface area contributed by atoms with Crippen molar-refractivity contribution < 1.29 is 24.4 Å². The van der Waals surface area contributed by atoms with Gasteiger partial charge in [0.15, 0.2) is 6.04 Å². The maximum absolute atomic E-state index is 12.7. The van der Waals surface area contributed by atoms with E-state index in [0.717, 1.165) is 30.6 Å². The fourth-order valence-corrected chi connectivity index (χ4v) is 4.21. The SMILES string of the molecule is CNC1CCCC1Oc1ccc2c(c1)CN(C1CCC(=O)[NH+]=C1O)C2=O. The molecular formula is C19H24N3O4+. The Kier molecular flexibility index (Phi) is 4.40. The molecule has 2 heterocycles. The summed E-state index contributed by atoms with van der Waals surface area (Å²) >= 11 is 0. The Bertz CT molecular complexity index is 776. The molecule has 26 heavy (non-hydrogen) atoms. The van der Waals surface area contributed by atoms with Crippen LogP contribution in [0.2, 0.25) is 0 Å². The second-order valence-corrected chi connectivity index (χ2v) is 7.22. The monoisotopic (exact) mass is 358 g/mol. The minimum absolute atomic E-state index is 0.117. The van der Waals surface area contributed by atoms with Crippen molar-refractivity contribution in [2.24, 2.45) is 0 Å². The molecule has 138 valence electrons. The average Bonchev–Trinajstić information content (AvgIpc) is 3.19. The van der Waals surface area contributed by atoms with E-state index in [-0.39, 0.29) is 23.8 Å². The number of likely N-dealkylation sites (N-methyl/N-ethyl adjacent to an activating group) is 1. The highest BCUT2D eigenvalue weighted by Gasteiger charge is 2.41. The normalized spacial score (nSPS) is 28.3. The first-order chi connectivity index (χ1) is 12.6. The third-order valence-corrected chi connectivity index (χ3v) is 5.62. The second kappa shape index (κ2) is 6.72. The third kappa shape index (κ3) is 2.96. The Hall–Kier alpha value is -2.41. The molecule has 3 atom stereocenters. The number of hydrogen-bond donors (Lipinski definition) is 3. The zero-order chi connectivity index (χ0) is 18.3. The fourth-order valence-electron chi connectivity index (χ4n) is 4.21. The van der Waals surface area contributed by atoms with E-state index in [4.69, 9.17) is 4.74 Å². The predicted octanol–water partition coefficient (Wildman–Crippen LogP) is -0.112. The molecule has 0 saturated heterocycles.